The maximum Gasteiger partial charge on any atom is 0.255 e. The molecule has 3 rings (SSSR count). The first kappa shape index (κ1) is 15.3. The SMILES string of the molecule is CN(C)c1ccc(C(=O)N2CCC[C@H]2[C@H]2CCCN2C)cn1. The molecule has 0 N–H and O–H groups in total. The Morgan fingerprint density at radius 2 is 1.91 bits per heavy atom. The lowest BCUT2D eigenvalue weighted by Crippen LogP contribution is -2.47. The number of nitrogens with zero attached hydrogens (tertiary/aromatic N) is 4. The molecule has 5 heteroatoms. The third-order valence-corrected chi connectivity index (χ3v) is 5.03. The molecule has 0 aliphatic carbocycles. The second-order valence-corrected chi connectivity index (χ2v) is 6.70. The summed E-state index contributed by atoms with van der Waals surface area (Å²) < 4.78 is 0. The minimum absolute atomic E-state index is 0.139. The molecule has 3 heterocycles. The Morgan fingerprint density at radius 3 is 2.50 bits per heavy atom. The largest absolute Gasteiger partial charge is 0.363 e. The first-order valence-corrected chi connectivity index (χ1v) is 8.22. The number of rotatable bonds is 3. The summed E-state index contributed by atoms with van der Waals surface area (Å²) in [4.78, 5) is 23.7. The monoisotopic (exact) mass is 302 g/mol. The van der Waals surface area contributed by atoms with Gasteiger partial charge in [-0.15, -0.1) is 0 Å². The van der Waals surface area contributed by atoms with E-state index in [1.807, 2.05) is 31.1 Å². The van der Waals surface area contributed by atoms with Crippen molar-refractivity contribution >= 4 is 11.7 Å². The Morgan fingerprint density at radius 1 is 1.18 bits per heavy atom. The summed E-state index contributed by atoms with van der Waals surface area (Å²) in [5.74, 6) is 1.02. The van der Waals surface area contributed by atoms with Crippen LogP contribution in [0.1, 0.15) is 36.0 Å². The van der Waals surface area contributed by atoms with Gasteiger partial charge in [0.15, 0.2) is 0 Å². The lowest BCUT2D eigenvalue weighted by molar-refractivity contribution is 0.0664. The Hall–Kier alpha value is -1.62. The fourth-order valence-electron chi connectivity index (χ4n) is 3.81. The van der Waals surface area contributed by atoms with Crippen molar-refractivity contribution in [2.75, 3.05) is 39.1 Å². The number of carbonyl (C=O) groups excluding carboxylic acids is 1. The van der Waals surface area contributed by atoms with Crippen molar-refractivity contribution in [2.45, 2.75) is 37.8 Å². The number of likely N-dealkylation sites (N-methyl/N-ethyl adjacent to an activating group) is 1. The number of aromatic nitrogens is 1. The first-order chi connectivity index (χ1) is 10.6. The zero-order chi connectivity index (χ0) is 15.7. The van der Waals surface area contributed by atoms with Gasteiger partial charge in [0.1, 0.15) is 5.82 Å². The quantitative estimate of drug-likeness (QED) is 0.854. The van der Waals surface area contributed by atoms with Gasteiger partial charge >= 0.3 is 0 Å². The summed E-state index contributed by atoms with van der Waals surface area (Å²) >= 11 is 0. The molecule has 1 aromatic heterocycles. The molecular formula is C17H26N4O. The maximum atomic E-state index is 12.9. The number of amides is 1. The molecular weight excluding hydrogens is 276 g/mol. The smallest absolute Gasteiger partial charge is 0.255 e. The van der Waals surface area contributed by atoms with Gasteiger partial charge in [0.2, 0.25) is 0 Å². The Kier molecular flexibility index (Phi) is 4.34. The molecule has 0 aromatic carbocycles. The van der Waals surface area contributed by atoms with Crippen LogP contribution in [0.5, 0.6) is 0 Å². The Bertz CT molecular complexity index is 528. The Labute approximate surface area is 132 Å². The fraction of sp³-hybridized carbons (Fsp3) is 0.647. The lowest BCUT2D eigenvalue weighted by atomic mass is 10.0. The molecule has 0 saturated carbocycles. The van der Waals surface area contributed by atoms with Crippen LogP contribution in [-0.2, 0) is 0 Å². The van der Waals surface area contributed by atoms with Crippen LogP contribution in [0.25, 0.3) is 0 Å². The summed E-state index contributed by atoms with van der Waals surface area (Å²) in [7, 11) is 6.10. The van der Waals surface area contributed by atoms with Gasteiger partial charge in [0.05, 0.1) is 5.56 Å². The molecule has 2 aliphatic rings. The molecule has 0 unspecified atom stereocenters. The Balaban J connectivity index is 1.75. The van der Waals surface area contributed by atoms with E-state index in [9.17, 15) is 4.79 Å². The van der Waals surface area contributed by atoms with Gasteiger partial charge < -0.3 is 14.7 Å². The summed E-state index contributed by atoms with van der Waals surface area (Å²) in [6.45, 7) is 2.03. The number of anilines is 1. The number of carbonyl (C=O) groups is 1. The van der Waals surface area contributed by atoms with E-state index in [-0.39, 0.29) is 5.91 Å². The van der Waals surface area contributed by atoms with E-state index in [0.29, 0.717) is 17.6 Å². The summed E-state index contributed by atoms with van der Waals surface area (Å²) in [6, 6.07) is 4.72. The van der Waals surface area contributed by atoms with Gasteiger partial charge in [-0.2, -0.15) is 0 Å². The van der Waals surface area contributed by atoms with E-state index in [4.69, 9.17) is 0 Å². The van der Waals surface area contributed by atoms with Gasteiger partial charge in [-0.3, -0.25) is 4.79 Å². The molecule has 1 amide bonds. The average molecular weight is 302 g/mol. The summed E-state index contributed by atoms with van der Waals surface area (Å²) in [5.41, 5.74) is 0.707. The molecule has 2 fully saturated rings. The van der Waals surface area contributed by atoms with Crippen LogP contribution < -0.4 is 4.90 Å². The molecule has 5 nitrogen and oxygen atoms in total. The second-order valence-electron chi connectivity index (χ2n) is 6.70. The first-order valence-electron chi connectivity index (χ1n) is 8.22. The molecule has 0 spiro atoms. The van der Waals surface area contributed by atoms with Crippen molar-refractivity contribution in [1.29, 1.82) is 0 Å². The topological polar surface area (TPSA) is 39.7 Å². The van der Waals surface area contributed by atoms with Crippen LogP contribution in [-0.4, -0.2) is 67.0 Å². The minimum atomic E-state index is 0.139. The van der Waals surface area contributed by atoms with E-state index in [2.05, 4.69) is 21.8 Å². The highest BCUT2D eigenvalue weighted by atomic mass is 16.2. The highest BCUT2D eigenvalue weighted by molar-refractivity contribution is 5.94. The number of hydrogen-bond donors (Lipinski definition) is 0. The number of pyridine rings is 1. The van der Waals surface area contributed by atoms with Crippen molar-refractivity contribution in [3.63, 3.8) is 0 Å². The second kappa shape index (κ2) is 6.24. The highest BCUT2D eigenvalue weighted by Gasteiger charge is 2.38. The standard InChI is InChI=1S/C17H26N4O/c1-19(2)16-9-8-13(12-18-16)17(22)21-11-5-7-15(21)14-6-4-10-20(14)3/h8-9,12,14-15H,4-7,10-11H2,1-3H3/t14-,15+/m1/s1. The highest BCUT2D eigenvalue weighted by Crippen LogP contribution is 2.30. The predicted octanol–water partition coefficient (Wildman–Crippen LogP) is 1.85. The van der Waals surface area contributed by atoms with Crippen molar-refractivity contribution in [3.8, 4) is 0 Å². The molecule has 0 radical (unpaired) electrons. The number of likely N-dealkylation sites (tertiary alicyclic amines) is 2. The van der Waals surface area contributed by atoms with E-state index < -0.39 is 0 Å². The van der Waals surface area contributed by atoms with Crippen molar-refractivity contribution in [1.82, 2.24) is 14.8 Å². The van der Waals surface area contributed by atoms with Gasteiger partial charge in [0, 0.05) is 38.9 Å². The van der Waals surface area contributed by atoms with Crippen LogP contribution in [0.2, 0.25) is 0 Å². The van der Waals surface area contributed by atoms with E-state index in [0.717, 1.165) is 31.7 Å². The lowest BCUT2D eigenvalue weighted by Gasteiger charge is -2.33. The van der Waals surface area contributed by atoms with Gasteiger partial charge in [0.25, 0.3) is 5.91 Å². The maximum absolute atomic E-state index is 12.9. The van der Waals surface area contributed by atoms with Crippen LogP contribution >= 0.6 is 0 Å². The van der Waals surface area contributed by atoms with E-state index in [1.165, 1.54) is 12.8 Å². The van der Waals surface area contributed by atoms with Gasteiger partial charge in [-0.05, 0) is 51.4 Å². The third kappa shape index (κ3) is 2.82. The molecule has 2 saturated heterocycles. The average Bonchev–Trinajstić information content (AvgIpc) is 3.14. The van der Waals surface area contributed by atoms with E-state index in [1.54, 1.807) is 6.20 Å². The predicted molar refractivity (Wildman–Crippen MR) is 88.3 cm³/mol. The summed E-state index contributed by atoms with van der Waals surface area (Å²) in [6.07, 6.45) is 6.42. The molecule has 22 heavy (non-hydrogen) atoms. The molecule has 2 aliphatic heterocycles. The molecule has 2 atom stereocenters. The van der Waals surface area contributed by atoms with Gasteiger partial charge in [-0.25, -0.2) is 4.98 Å². The summed E-state index contributed by atoms with van der Waals surface area (Å²) in [5, 5.41) is 0. The molecule has 120 valence electrons. The normalized spacial score (nSPS) is 25.7. The van der Waals surface area contributed by atoms with Crippen molar-refractivity contribution in [3.05, 3.63) is 23.9 Å². The van der Waals surface area contributed by atoms with Crippen LogP contribution in [0.15, 0.2) is 18.3 Å². The van der Waals surface area contributed by atoms with Crippen LogP contribution in [0, 0.1) is 0 Å². The zero-order valence-corrected chi connectivity index (χ0v) is 13.8. The van der Waals surface area contributed by atoms with Gasteiger partial charge in [-0.1, -0.05) is 0 Å². The number of hydrogen-bond acceptors (Lipinski definition) is 4. The molecule has 0 bridgehead atoms. The van der Waals surface area contributed by atoms with Crippen LogP contribution in [0.4, 0.5) is 5.82 Å². The van der Waals surface area contributed by atoms with Crippen LogP contribution in [0.3, 0.4) is 0 Å². The van der Waals surface area contributed by atoms with Crippen molar-refractivity contribution < 1.29 is 4.79 Å². The van der Waals surface area contributed by atoms with Crippen molar-refractivity contribution in [2.24, 2.45) is 0 Å². The third-order valence-electron chi connectivity index (χ3n) is 5.03. The zero-order valence-electron chi connectivity index (χ0n) is 13.8. The molecule has 1 aromatic rings. The minimum Gasteiger partial charge on any atom is -0.363 e. The fourth-order valence-corrected chi connectivity index (χ4v) is 3.81. The van der Waals surface area contributed by atoms with E-state index >= 15 is 0 Å².